The summed E-state index contributed by atoms with van der Waals surface area (Å²) < 4.78 is 0. The van der Waals surface area contributed by atoms with Crippen molar-refractivity contribution in [3.8, 4) is 0 Å². The fraction of sp³-hybridized carbons (Fsp3) is 0.500. The van der Waals surface area contributed by atoms with Gasteiger partial charge < -0.3 is 10.2 Å². The van der Waals surface area contributed by atoms with Crippen molar-refractivity contribution in [1.29, 1.82) is 0 Å². The number of rotatable bonds is 7. The molecule has 0 saturated heterocycles. The van der Waals surface area contributed by atoms with Gasteiger partial charge in [0, 0.05) is 19.1 Å². The summed E-state index contributed by atoms with van der Waals surface area (Å²) in [5.41, 5.74) is 1.28. The first-order chi connectivity index (χ1) is 10.3. The van der Waals surface area contributed by atoms with Crippen LogP contribution in [0.3, 0.4) is 0 Å². The normalized spacial score (nSPS) is 14.2. The zero-order chi connectivity index (χ0) is 14.7. The molecule has 1 N–H and O–H groups in total. The quantitative estimate of drug-likeness (QED) is 0.844. The Hall–Kier alpha value is -1.40. The van der Waals surface area contributed by atoms with E-state index in [4.69, 9.17) is 11.6 Å². The second kappa shape index (κ2) is 6.58. The maximum atomic E-state index is 6.05. The molecule has 1 saturated carbocycles. The molecule has 1 fully saturated rings. The lowest BCUT2D eigenvalue weighted by Crippen LogP contribution is -2.27. The van der Waals surface area contributed by atoms with Gasteiger partial charge in [-0.15, -0.1) is 0 Å². The maximum absolute atomic E-state index is 6.05. The molecular formula is C14H18ClN5S. The Balaban J connectivity index is 1.82. The lowest BCUT2D eigenvalue weighted by Gasteiger charge is -2.22. The average molecular weight is 324 g/mol. The fourth-order valence-electron chi connectivity index (χ4n) is 2.11. The summed E-state index contributed by atoms with van der Waals surface area (Å²) in [6.07, 6.45) is 3.39. The highest BCUT2D eigenvalue weighted by Crippen LogP contribution is 2.32. The molecule has 21 heavy (non-hydrogen) atoms. The highest BCUT2D eigenvalue weighted by atomic mass is 35.5. The van der Waals surface area contributed by atoms with Gasteiger partial charge in [0.25, 0.3) is 0 Å². The molecule has 0 amide bonds. The summed E-state index contributed by atoms with van der Waals surface area (Å²) in [6, 6.07) is 2.65. The number of hydrogen-bond donors (Lipinski definition) is 1. The Morgan fingerprint density at radius 2 is 2.24 bits per heavy atom. The molecule has 5 nitrogen and oxygen atoms in total. The number of thiophene rings is 1. The van der Waals surface area contributed by atoms with E-state index in [-0.39, 0.29) is 5.28 Å². The molecule has 2 heterocycles. The van der Waals surface area contributed by atoms with E-state index < -0.39 is 0 Å². The van der Waals surface area contributed by atoms with Crippen LogP contribution in [-0.4, -0.2) is 27.5 Å². The summed E-state index contributed by atoms with van der Waals surface area (Å²) >= 11 is 7.76. The minimum absolute atomic E-state index is 0.245. The van der Waals surface area contributed by atoms with E-state index in [1.54, 1.807) is 11.3 Å². The zero-order valence-electron chi connectivity index (χ0n) is 11.9. The Labute approximate surface area is 133 Å². The van der Waals surface area contributed by atoms with Crippen LogP contribution in [0, 0.1) is 0 Å². The molecule has 0 aliphatic heterocycles. The minimum Gasteiger partial charge on any atom is -0.354 e. The predicted octanol–water partition coefficient (Wildman–Crippen LogP) is 3.58. The van der Waals surface area contributed by atoms with Gasteiger partial charge in [0.15, 0.2) is 0 Å². The van der Waals surface area contributed by atoms with Gasteiger partial charge in [0.2, 0.25) is 17.2 Å². The van der Waals surface area contributed by atoms with Gasteiger partial charge in [-0.05, 0) is 53.3 Å². The molecule has 0 spiro atoms. The second-order valence-corrected chi connectivity index (χ2v) is 6.26. The first-order valence-corrected chi connectivity index (χ1v) is 8.51. The van der Waals surface area contributed by atoms with E-state index in [9.17, 15) is 0 Å². The van der Waals surface area contributed by atoms with Gasteiger partial charge in [-0.2, -0.15) is 26.3 Å². The smallest absolute Gasteiger partial charge is 0.232 e. The van der Waals surface area contributed by atoms with E-state index in [0.29, 0.717) is 17.9 Å². The lowest BCUT2D eigenvalue weighted by molar-refractivity contribution is 0.754. The van der Waals surface area contributed by atoms with E-state index in [0.717, 1.165) is 19.5 Å². The van der Waals surface area contributed by atoms with Crippen LogP contribution in [0.2, 0.25) is 5.28 Å². The van der Waals surface area contributed by atoms with Crippen LogP contribution < -0.4 is 10.2 Å². The SMILES string of the molecule is CCCNc1nc(Cl)nc(N(Cc2ccsc2)C2CC2)n1. The minimum atomic E-state index is 0.245. The highest BCUT2D eigenvalue weighted by molar-refractivity contribution is 7.07. The van der Waals surface area contributed by atoms with Crippen molar-refractivity contribution in [3.63, 3.8) is 0 Å². The number of aromatic nitrogens is 3. The molecule has 1 aliphatic carbocycles. The largest absolute Gasteiger partial charge is 0.354 e. The molecule has 7 heteroatoms. The van der Waals surface area contributed by atoms with Crippen LogP contribution in [0.5, 0.6) is 0 Å². The first-order valence-electron chi connectivity index (χ1n) is 7.19. The molecule has 0 bridgehead atoms. The van der Waals surface area contributed by atoms with Crippen molar-refractivity contribution in [1.82, 2.24) is 15.0 Å². The molecule has 0 aromatic carbocycles. The summed E-state index contributed by atoms with van der Waals surface area (Å²) in [5.74, 6) is 1.23. The van der Waals surface area contributed by atoms with Crippen molar-refractivity contribution in [2.24, 2.45) is 0 Å². The molecule has 3 rings (SSSR count). The number of nitrogens with one attached hydrogen (secondary N) is 1. The molecule has 2 aromatic rings. The number of halogens is 1. The molecular weight excluding hydrogens is 306 g/mol. The van der Waals surface area contributed by atoms with Crippen molar-refractivity contribution < 1.29 is 0 Å². The Kier molecular flexibility index (Phi) is 4.55. The van der Waals surface area contributed by atoms with Crippen molar-refractivity contribution >= 4 is 34.8 Å². The topological polar surface area (TPSA) is 53.9 Å². The van der Waals surface area contributed by atoms with E-state index in [1.165, 1.54) is 18.4 Å². The van der Waals surface area contributed by atoms with Gasteiger partial charge in [-0.3, -0.25) is 0 Å². The van der Waals surface area contributed by atoms with Crippen LogP contribution in [0.15, 0.2) is 16.8 Å². The van der Waals surface area contributed by atoms with Crippen LogP contribution in [0.25, 0.3) is 0 Å². The monoisotopic (exact) mass is 323 g/mol. The molecule has 0 radical (unpaired) electrons. The molecule has 0 unspecified atom stereocenters. The Morgan fingerprint density at radius 1 is 1.38 bits per heavy atom. The molecule has 0 atom stereocenters. The van der Waals surface area contributed by atoms with Crippen LogP contribution >= 0.6 is 22.9 Å². The van der Waals surface area contributed by atoms with E-state index in [2.05, 4.69) is 48.9 Å². The molecule has 112 valence electrons. The highest BCUT2D eigenvalue weighted by Gasteiger charge is 2.31. The third kappa shape index (κ3) is 3.83. The van der Waals surface area contributed by atoms with Crippen molar-refractivity contribution in [2.75, 3.05) is 16.8 Å². The zero-order valence-corrected chi connectivity index (χ0v) is 13.5. The first kappa shape index (κ1) is 14.5. The molecule has 2 aromatic heterocycles. The summed E-state index contributed by atoms with van der Waals surface area (Å²) in [4.78, 5) is 15.2. The lowest BCUT2D eigenvalue weighted by atomic mass is 10.3. The van der Waals surface area contributed by atoms with Crippen molar-refractivity contribution in [3.05, 3.63) is 27.7 Å². The Morgan fingerprint density at radius 3 is 2.90 bits per heavy atom. The number of anilines is 2. The average Bonchev–Trinajstić information content (AvgIpc) is 3.18. The van der Waals surface area contributed by atoms with Gasteiger partial charge >= 0.3 is 0 Å². The summed E-state index contributed by atoms with van der Waals surface area (Å²) in [5, 5.41) is 7.68. The number of nitrogens with zero attached hydrogens (tertiary/aromatic N) is 4. The predicted molar refractivity (Wildman–Crippen MR) is 87.1 cm³/mol. The van der Waals surface area contributed by atoms with E-state index >= 15 is 0 Å². The second-order valence-electron chi connectivity index (χ2n) is 5.15. The van der Waals surface area contributed by atoms with Crippen LogP contribution in [0.1, 0.15) is 31.7 Å². The number of hydrogen-bond acceptors (Lipinski definition) is 6. The fourth-order valence-corrected chi connectivity index (χ4v) is 2.93. The van der Waals surface area contributed by atoms with E-state index in [1.807, 2.05) is 0 Å². The van der Waals surface area contributed by atoms with Crippen molar-refractivity contribution in [2.45, 2.75) is 38.8 Å². The third-order valence-corrected chi connectivity index (χ3v) is 4.21. The summed E-state index contributed by atoms with van der Waals surface area (Å²) in [6.45, 7) is 3.75. The van der Waals surface area contributed by atoms with Gasteiger partial charge in [-0.25, -0.2) is 0 Å². The summed E-state index contributed by atoms with van der Waals surface area (Å²) in [7, 11) is 0. The van der Waals surface area contributed by atoms with Gasteiger partial charge in [-0.1, -0.05) is 6.92 Å². The van der Waals surface area contributed by atoms with Gasteiger partial charge in [0.05, 0.1) is 0 Å². The van der Waals surface area contributed by atoms with Crippen LogP contribution in [-0.2, 0) is 6.54 Å². The Bertz CT molecular complexity index is 585. The van der Waals surface area contributed by atoms with Gasteiger partial charge in [0.1, 0.15) is 0 Å². The third-order valence-electron chi connectivity index (χ3n) is 3.31. The maximum Gasteiger partial charge on any atom is 0.232 e. The standard InChI is InChI=1S/C14H18ClN5S/c1-2-6-16-13-17-12(15)18-14(19-13)20(11-3-4-11)8-10-5-7-21-9-10/h5,7,9,11H,2-4,6,8H2,1H3,(H,16,17,18,19). The van der Waals surface area contributed by atoms with Crippen LogP contribution in [0.4, 0.5) is 11.9 Å². The molecule has 1 aliphatic rings.